The molecule has 0 amide bonds. The van der Waals surface area contributed by atoms with Gasteiger partial charge in [0.15, 0.2) is 0 Å². The average molecular weight is 162 g/mol. The van der Waals surface area contributed by atoms with Crippen LogP contribution in [0.3, 0.4) is 0 Å². The van der Waals surface area contributed by atoms with Crippen molar-refractivity contribution in [3.05, 3.63) is 12.2 Å². The zero-order valence-electron chi connectivity index (χ0n) is 7.36. The lowest BCUT2D eigenvalue weighted by Gasteiger charge is -2.27. The van der Waals surface area contributed by atoms with Crippen LogP contribution in [0.2, 0.25) is 0 Å². The van der Waals surface area contributed by atoms with Crippen LogP contribution in [-0.4, -0.2) is 5.78 Å². The normalized spacial score (nSPS) is 55.1. The van der Waals surface area contributed by atoms with Crippen molar-refractivity contribution in [1.82, 2.24) is 0 Å². The van der Waals surface area contributed by atoms with E-state index in [4.69, 9.17) is 0 Å². The summed E-state index contributed by atoms with van der Waals surface area (Å²) >= 11 is 0. The summed E-state index contributed by atoms with van der Waals surface area (Å²) < 4.78 is 0. The molecule has 2 fully saturated rings. The summed E-state index contributed by atoms with van der Waals surface area (Å²) in [4.78, 5) is 11.7. The van der Waals surface area contributed by atoms with Gasteiger partial charge < -0.3 is 0 Å². The lowest BCUT2D eigenvalue weighted by Crippen LogP contribution is -2.30. The highest BCUT2D eigenvalue weighted by Crippen LogP contribution is 2.56. The van der Waals surface area contributed by atoms with Gasteiger partial charge in [0.1, 0.15) is 5.78 Å². The molecule has 12 heavy (non-hydrogen) atoms. The van der Waals surface area contributed by atoms with Crippen molar-refractivity contribution in [1.29, 1.82) is 0 Å². The molecule has 0 heterocycles. The molecule has 64 valence electrons. The molecule has 5 unspecified atom stereocenters. The number of carbonyl (C=O) groups is 1. The molecule has 0 aromatic rings. The number of hydrogen-bond acceptors (Lipinski definition) is 1. The molecular formula is C11H14O. The van der Waals surface area contributed by atoms with Gasteiger partial charge in [-0.2, -0.15) is 0 Å². The summed E-state index contributed by atoms with van der Waals surface area (Å²) in [7, 11) is 0. The third-order valence-electron chi connectivity index (χ3n) is 4.26. The Morgan fingerprint density at radius 3 is 3.08 bits per heavy atom. The van der Waals surface area contributed by atoms with E-state index in [-0.39, 0.29) is 0 Å². The molecule has 0 saturated heterocycles. The first-order valence-corrected chi connectivity index (χ1v) is 4.99. The Morgan fingerprint density at radius 2 is 2.25 bits per heavy atom. The summed E-state index contributed by atoms with van der Waals surface area (Å²) in [6.07, 6.45) is 7.00. The maximum Gasteiger partial charge on any atom is 0.139 e. The van der Waals surface area contributed by atoms with Gasteiger partial charge in [0.05, 0.1) is 0 Å². The second kappa shape index (κ2) is 2.01. The molecule has 1 nitrogen and oxygen atoms in total. The number of Topliss-reactive ketones (excluding diaryl/α,β-unsaturated/α-hetero) is 1. The van der Waals surface area contributed by atoms with Crippen LogP contribution in [0.15, 0.2) is 12.2 Å². The summed E-state index contributed by atoms with van der Waals surface area (Å²) in [5.41, 5.74) is 0. The predicted molar refractivity (Wildman–Crippen MR) is 46.5 cm³/mol. The maximum absolute atomic E-state index is 11.7. The molecule has 3 rings (SSSR count). The molecule has 1 heteroatoms. The molecule has 5 atom stereocenters. The van der Waals surface area contributed by atoms with E-state index in [1.807, 2.05) is 0 Å². The average Bonchev–Trinajstić information content (AvgIpc) is 2.63. The Kier molecular flexibility index (Phi) is 1.15. The Labute approximate surface area is 72.8 Å². The largest absolute Gasteiger partial charge is 0.299 e. The van der Waals surface area contributed by atoms with E-state index in [0.717, 1.165) is 11.8 Å². The second-order valence-electron chi connectivity index (χ2n) is 4.60. The van der Waals surface area contributed by atoms with Crippen LogP contribution in [-0.2, 0) is 4.79 Å². The smallest absolute Gasteiger partial charge is 0.139 e. The molecule has 0 spiro atoms. The van der Waals surface area contributed by atoms with E-state index in [1.165, 1.54) is 12.8 Å². The molecule has 2 saturated carbocycles. The number of fused-ring (bicyclic) bond motifs is 5. The van der Waals surface area contributed by atoms with Crippen molar-refractivity contribution >= 4 is 5.78 Å². The van der Waals surface area contributed by atoms with Gasteiger partial charge in [-0.25, -0.2) is 0 Å². The summed E-state index contributed by atoms with van der Waals surface area (Å²) in [5.74, 6) is 3.53. The minimum Gasteiger partial charge on any atom is -0.299 e. The zero-order valence-corrected chi connectivity index (χ0v) is 7.36. The third kappa shape index (κ3) is 0.596. The predicted octanol–water partition coefficient (Wildman–Crippen LogP) is 2.03. The Bertz CT molecular complexity index is 266. The fourth-order valence-electron chi connectivity index (χ4n) is 3.64. The van der Waals surface area contributed by atoms with Gasteiger partial charge in [0, 0.05) is 11.8 Å². The number of hydrogen-bond donors (Lipinski definition) is 0. The molecule has 3 aliphatic rings. The third-order valence-corrected chi connectivity index (χ3v) is 4.26. The van der Waals surface area contributed by atoms with E-state index in [0.29, 0.717) is 23.5 Å². The van der Waals surface area contributed by atoms with Gasteiger partial charge >= 0.3 is 0 Å². The number of ketones is 1. The van der Waals surface area contributed by atoms with Crippen LogP contribution in [0.4, 0.5) is 0 Å². The van der Waals surface area contributed by atoms with E-state index < -0.39 is 0 Å². The second-order valence-corrected chi connectivity index (χ2v) is 4.60. The van der Waals surface area contributed by atoms with Gasteiger partial charge in [0.2, 0.25) is 0 Å². The topological polar surface area (TPSA) is 17.1 Å². The highest BCUT2D eigenvalue weighted by molar-refractivity contribution is 5.87. The van der Waals surface area contributed by atoms with Crippen molar-refractivity contribution in [2.45, 2.75) is 19.8 Å². The molecule has 0 aliphatic heterocycles. The number of rotatable bonds is 0. The van der Waals surface area contributed by atoms with Crippen molar-refractivity contribution in [3.8, 4) is 0 Å². The fraction of sp³-hybridized carbons (Fsp3) is 0.727. The van der Waals surface area contributed by atoms with Crippen LogP contribution >= 0.6 is 0 Å². The number of allylic oxidation sites excluding steroid dienone is 2. The van der Waals surface area contributed by atoms with Crippen LogP contribution in [0.1, 0.15) is 19.8 Å². The highest BCUT2D eigenvalue weighted by atomic mass is 16.1. The lowest BCUT2D eigenvalue weighted by atomic mass is 9.75. The SMILES string of the molecule is CC1C(=O)C2CC1C1CC=CC21. The summed E-state index contributed by atoms with van der Waals surface area (Å²) in [5, 5.41) is 0. The quantitative estimate of drug-likeness (QED) is 0.498. The van der Waals surface area contributed by atoms with Gasteiger partial charge in [-0.05, 0) is 30.6 Å². The summed E-state index contributed by atoms with van der Waals surface area (Å²) in [6.45, 7) is 2.13. The van der Waals surface area contributed by atoms with Crippen molar-refractivity contribution in [2.75, 3.05) is 0 Å². The van der Waals surface area contributed by atoms with Crippen LogP contribution in [0.25, 0.3) is 0 Å². The van der Waals surface area contributed by atoms with Gasteiger partial charge in [-0.3, -0.25) is 4.79 Å². The van der Waals surface area contributed by atoms with Gasteiger partial charge in [-0.1, -0.05) is 19.1 Å². The first kappa shape index (κ1) is 6.88. The van der Waals surface area contributed by atoms with E-state index in [1.54, 1.807) is 0 Å². The van der Waals surface area contributed by atoms with E-state index in [2.05, 4.69) is 19.1 Å². The van der Waals surface area contributed by atoms with Gasteiger partial charge in [-0.15, -0.1) is 0 Å². The van der Waals surface area contributed by atoms with Gasteiger partial charge in [0.25, 0.3) is 0 Å². The Morgan fingerprint density at radius 1 is 1.42 bits per heavy atom. The molecule has 0 radical (unpaired) electrons. The number of carbonyl (C=O) groups excluding carboxylic acids is 1. The first-order chi connectivity index (χ1) is 5.79. The first-order valence-electron chi connectivity index (χ1n) is 4.99. The van der Waals surface area contributed by atoms with Crippen molar-refractivity contribution in [3.63, 3.8) is 0 Å². The van der Waals surface area contributed by atoms with Crippen LogP contribution in [0, 0.1) is 29.6 Å². The van der Waals surface area contributed by atoms with Crippen molar-refractivity contribution in [2.24, 2.45) is 29.6 Å². The van der Waals surface area contributed by atoms with E-state index >= 15 is 0 Å². The molecule has 0 aromatic heterocycles. The fourth-order valence-corrected chi connectivity index (χ4v) is 3.64. The van der Waals surface area contributed by atoms with Crippen LogP contribution < -0.4 is 0 Å². The molecule has 0 N–H and O–H groups in total. The van der Waals surface area contributed by atoms with Crippen LogP contribution in [0.5, 0.6) is 0 Å². The Hall–Kier alpha value is -0.590. The minimum atomic E-state index is 0.371. The molecule has 0 aromatic carbocycles. The molecule has 2 bridgehead atoms. The Balaban J connectivity index is 2.00. The van der Waals surface area contributed by atoms with Crippen molar-refractivity contribution < 1.29 is 4.79 Å². The highest BCUT2D eigenvalue weighted by Gasteiger charge is 2.55. The minimum absolute atomic E-state index is 0.371. The molecule has 3 aliphatic carbocycles. The molecular weight excluding hydrogens is 148 g/mol. The van der Waals surface area contributed by atoms with E-state index in [9.17, 15) is 4.79 Å². The summed E-state index contributed by atoms with van der Waals surface area (Å²) in [6, 6.07) is 0. The zero-order chi connectivity index (χ0) is 8.29. The maximum atomic E-state index is 11.7. The lowest BCUT2D eigenvalue weighted by molar-refractivity contribution is -0.127. The monoisotopic (exact) mass is 162 g/mol. The standard InChI is InChI=1S/C11H14O/c1-6-9-5-10(11(6)12)8-4-2-3-7(8)9/h2,4,6-10H,3,5H2,1H3.